The summed E-state index contributed by atoms with van der Waals surface area (Å²) in [4.78, 5) is 16.0. The van der Waals surface area contributed by atoms with Crippen molar-refractivity contribution in [3.8, 4) is 0 Å². The van der Waals surface area contributed by atoms with Gasteiger partial charge in [-0.1, -0.05) is 6.07 Å². The maximum Gasteiger partial charge on any atom is 0.254 e. The van der Waals surface area contributed by atoms with E-state index in [1.807, 2.05) is 36.1 Å². The lowest BCUT2D eigenvalue weighted by Crippen LogP contribution is -2.30. The van der Waals surface area contributed by atoms with E-state index < -0.39 is 0 Å². The van der Waals surface area contributed by atoms with Crippen molar-refractivity contribution >= 4 is 22.9 Å². The van der Waals surface area contributed by atoms with Crippen LogP contribution in [0.5, 0.6) is 0 Å². The smallest absolute Gasteiger partial charge is 0.254 e. The standard InChI is InChI=1S/C16H18N2OS/c1-11-10-12(6-7-13(11)17)16(19)18-8-2-4-14(18)15-5-3-9-20-15/h3,5-7,9-10,14H,2,4,8,17H2,1H3. The molecule has 3 rings (SSSR count). The third-order valence-electron chi connectivity index (χ3n) is 3.90. The van der Waals surface area contributed by atoms with E-state index in [9.17, 15) is 4.79 Å². The van der Waals surface area contributed by atoms with Gasteiger partial charge in [0, 0.05) is 22.7 Å². The third kappa shape index (κ3) is 2.31. The first-order valence-corrected chi connectivity index (χ1v) is 7.75. The van der Waals surface area contributed by atoms with Gasteiger partial charge in [0.1, 0.15) is 0 Å². The Morgan fingerprint density at radius 3 is 2.95 bits per heavy atom. The van der Waals surface area contributed by atoms with E-state index in [1.54, 1.807) is 11.3 Å². The molecule has 1 amide bonds. The van der Waals surface area contributed by atoms with Crippen LogP contribution >= 0.6 is 11.3 Å². The number of hydrogen-bond donors (Lipinski definition) is 1. The van der Waals surface area contributed by atoms with Crippen molar-refractivity contribution in [3.63, 3.8) is 0 Å². The highest BCUT2D eigenvalue weighted by Crippen LogP contribution is 2.35. The Balaban J connectivity index is 1.87. The minimum Gasteiger partial charge on any atom is -0.399 e. The second-order valence-electron chi connectivity index (χ2n) is 5.24. The van der Waals surface area contributed by atoms with E-state index in [4.69, 9.17) is 5.73 Å². The van der Waals surface area contributed by atoms with Gasteiger partial charge in [0.2, 0.25) is 0 Å². The number of benzene rings is 1. The molecule has 2 aromatic rings. The first kappa shape index (κ1) is 13.2. The Kier molecular flexibility index (Phi) is 3.49. The second kappa shape index (κ2) is 5.29. The summed E-state index contributed by atoms with van der Waals surface area (Å²) in [6.45, 7) is 2.78. The van der Waals surface area contributed by atoms with Gasteiger partial charge < -0.3 is 10.6 Å². The molecule has 2 N–H and O–H groups in total. The van der Waals surface area contributed by atoms with E-state index in [0.717, 1.165) is 36.2 Å². The molecule has 1 aromatic carbocycles. The second-order valence-corrected chi connectivity index (χ2v) is 6.22. The van der Waals surface area contributed by atoms with Crippen LogP contribution in [0.15, 0.2) is 35.7 Å². The topological polar surface area (TPSA) is 46.3 Å². The van der Waals surface area contributed by atoms with Gasteiger partial charge in [-0.25, -0.2) is 0 Å². The number of aryl methyl sites for hydroxylation is 1. The Morgan fingerprint density at radius 2 is 2.25 bits per heavy atom. The van der Waals surface area contributed by atoms with Crippen molar-refractivity contribution in [2.45, 2.75) is 25.8 Å². The molecule has 1 fully saturated rings. The number of nitrogens with two attached hydrogens (primary N) is 1. The monoisotopic (exact) mass is 286 g/mol. The van der Waals surface area contributed by atoms with Crippen LogP contribution in [0.1, 0.15) is 39.7 Å². The summed E-state index contributed by atoms with van der Waals surface area (Å²) in [6.07, 6.45) is 2.13. The van der Waals surface area contributed by atoms with E-state index in [-0.39, 0.29) is 11.9 Å². The van der Waals surface area contributed by atoms with E-state index in [0.29, 0.717) is 0 Å². The molecule has 1 saturated heterocycles. The van der Waals surface area contributed by atoms with Crippen LogP contribution in [-0.4, -0.2) is 17.4 Å². The quantitative estimate of drug-likeness (QED) is 0.857. The fourth-order valence-electron chi connectivity index (χ4n) is 2.76. The van der Waals surface area contributed by atoms with Crippen LogP contribution < -0.4 is 5.73 Å². The van der Waals surface area contributed by atoms with Gasteiger partial charge in [0.25, 0.3) is 5.91 Å². The number of likely N-dealkylation sites (tertiary alicyclic amines) is 1. The first-order valence-electron chi connectivity index (χ1n) is 6.87. The van der Waals surface area contributed by atoms with E-state index in [2.05, 4.69) is 11.4 Å². The van der Waals surface area contributed by atoms with Gasteiger partial charge in [0.05, 0.1) is 6.04 Å². The predicted molar refractivity (Wildman–Crippen MR) is 82.9 cm³/mol. The summed E-state index contributed by atoms with van der Waals surface area (Å²) in [6, 6.07) is 9.94. The van der Waals surface area contributed by atoms with Gasteiger partial charge in [-0.15, -0.1) is 11.3 Å². The van der Waals surface area contributed by atoms with Crippen LogP contribution in [0, 0.1) is 6.92 Å². The lowest BCUT2D eigenvalue weighted by atomic mass is 10.1. The number of nitrogen functional groups attached to an aromatic ring is 1. The van der Waals surface area contributed by atoms with E-state index >= 15 is 0 Å². The minimum atomic E-state index is 0.115. The fraction of sp³-hybridized carbons (Fsp3) is 0.312. The van der Waals surface area contributed by atoms with Crippen LogP contribution in [0.4, 0.5) is 5.69 Å². The number of carbonyl (C=O) groups is 1. The Labute approximate surface area is 123 Å². The van der Waals surface area contributed by atoms with Gasteiger partial charge in [-0.3, -0.25) is 4.79 Å². The largest absolute Gasteiger partial charge is 0.399 e. The van der Waals surface area contributed by atoms with Crippen molar-refractivity contribution in [1.29, 1.82) is 0 Å². The zero-order valence-corrected chi connectivity index (χ0v) is 12.3. The lowest BCUT2D eigenvalue weighted by molar-refractivity contribution is 0.0738. The highest BCUT2D eigenvalue weighted by Gasteiger charge is 2.31. The molecule has 104 valence electrons. The number of nitrogens with zero attached hydrogens (tertiary/aromatic N) is 1. The Morgan fingerprint density at radius 1 is 1.40 bits per heavy atom. The molecule has 0 bridgehead atoms. The summed E-state index contributed by atoms with van der Waals surface area (Å²) in [5.41, 5.74) is 8.25. The molecule has 1 unspecified atom stereocenters. The summed E-state index contributed by atoms with van der Waals surface area (Å²) in [7, 11) is 0. The summed E-state index contributed by atoms with van der Waals surface area (Å²) < 4.78 is 0. The number of anilines is 1. The van der Waals surface area contributed by atoms with Crippen molar-refractivity contribution in [2.75, 3.05) is 12.3 Å². The maximum absolute atomic E-state index is 12.7. The van der Waals surface area contributed by atoms with Crippen LogP contribution in [0.3, 0.4) is 0 Å². The molecule has 0 spiro atoms. The molecular weight excluding hydrogens is 268 g/mol. The van der Waals surface area contributed by atoms with Crippen molar-refractivity contribution in [1.82, 2.24) is 4.90 Å². The molecule has 1 atom stereocenters. The van der Waals surface area contributed by atoms with Gasteiger partial charge in [0.15, 0.2) is 0 Å². The Bertz CT molecular complexity index is 621. The first-order chi connectivity index (χ1) is 9.66. The zero-order chi connectivity index (χ0) is 14.1. The molecule has 1 aliphatic heterocycles. The van der Waals surface area contributed by atoms with Crippen LogP contribution in [0.25, 0.3) is 0 Å². The minimum absolute atomic E-state index is 0.115. The number of rotatable bonds is 2. The summed E-state index contributed by atoms with van der Waals surface area (Å²) >= 11 is 1.73. The molecule has 3 nitrogen and oxygen atoms in total. The van der Waals surface area contributed by atoms with Gasteiger partial charge in [-0.05, 0) is 55.0 Å². The van der Waals surface area contributed by atoms with Crippen molar-refractivity contribution < 1.29 is 4.79 Å². The van der Waals surface area contributed by atoms with E-state index in [1.165, 1.54) is 4.88 Å². The molecule has 0 radical (unpaired) electrons. The number of thiophene rings is 1. The van der Waals surface area contributed by atoms with Crippen LogP contribution in [0.2, 0.25) is 0 Å². The third-order valence-corrected chi connectivity index (χ3v) is 4.88. The molecule has 0 aliphatic carbocycles. The number of amides is 1. The Hall–Kier alpha value is -1.81. The van der Waals surface area contributed by atoms with Crippen molar-refractivity contribution in [3.05, 3.63) is 51.7 Å². The van der Waals surface area contributed by atoms with Gasteiger partial charge >= 0.3 is 0 Å². The summed E-state index contributed by atoms with van der Waals surface area (Å²) in [5.74, 6) is 0.115. The normalized spacial score (nSPS) is 18.4. The molecule has 2 heterocycles. The maximum atomic E-state index is 12.7. The van der Waals surface area contributed by atoms with Gasteiger partial charge in [-0.2, -0.15) is 0 Å². The molecule has 4 heteroatoms. The average Bonchev–Trinajstić information content (AvgIpc) is 3.10. The van der Waals surface area contributed by atoms with Crippen molar-refractivity contribution in [2.24, 2.45) is 0 Å². The lowest BCUT2D eigenvalue weighted by Gasteiger charge is -2.24. The SMILES string of the molecule is Cc1cc(C(=O)N2CCCC2c2cccs2)ccc1N. The molecule has 20 heavy (non-hydrogen) atoms. The fourth-order valence-corrected chi connectivity index (χ4v) is 3.63. The zero-order valence-electron chi connectivity index (χ0n) is 11.5. The number of carbonyl (C=O) groups excluding carboxylic acids is 1. The molecular formula is C16H18N2OS. The van der Waals surface area contributed by atoms with Crippen LogP contribution in [-0.2, 0) is 0 Å². The predicted octanol–water partition coefficient (Wildman–Crippen LogP) is 3.62. The summed E-state index contributed by atoms with van der Waals surface area (Å²) in [5, 5.41) is 2.07. The molecule has 1 aromatic heterocycles. The average molecular weight is 286 g/mol. The number of hydrogen-bond acceptors (Lipinski definition) is 3. The molecule has 0 saturated carbocycles. The molecule has 1 aliphatic rings. The highest BCUT2D eigenvalue weighted by atomic mass is 32.1. The highest BCUT2D eigenvalue weighted by molar-refractivity contribution is 7.10.